The van der Waals surface area contributed by atoms with E-state index in [1.54, 1.807) is 0 Å². The monoisotopic (exact) mass is 274 g/mol. The molecule has 1 aromatic rings. The first-order valence-corrected chi connectivity index (χ1v) is 7.93. The van der Waals surface area contributed by atoms with Crippen LogP contribution in [0.4, 0.5) is 0 Å². The normalized spacial score (nSPS) is 18.9. The van der Waals surface area contributed by atoms with E-state index in [1.807, 2.05) is 35.2 Å². The number of rotatable bonds is 1. The van der Waals surface area contributed by atoms with Crippen molar-refractivity contribution in [2.75, 3.05) is 26.2 Å². The minimum atomic E-state index is 0.185. The van der Waals surface area contributed by atoms with Gasteiger partial charge in [-0.05, 0) is 57.3 Å². The van der Waals surface area contributed by atoms with Crippen molar-refractivity contribution in [1.82, 2.24) is 10.2 Å². The molecule has 2 aliphatic heterocycles. The molecule has 1 aromatic carbocycles. The van der Waals surface area contributed by atoms with Gasteiger partial charge in [0.2, 0.25) is 0 Å². The van der Waals surface area contributed by atoms with Gasteiger partial charge >= 0.3 is 0 Å². The van der Waals surface area contributed by atoms with Gasteiger partial charge in [0.25, 0.3) is 5.91 Å². The highest BCUT2D eigenvalue weighted by atomic mass is 16.2. The molecule has 3 nitrogen and oxygen atoms in total. The summed E-state index contributed by atoms with van der Waals surface area (Å²) >= 11 is 0. The van der Waals surface area contributed by atoms with Gasteiger partial charge in [-0.2, -0.15) is 0 Å². The first kappa shape index (κ1) is 15.0. The minimum Gasteiger partial charge on any atom is -0.339 e. The number of nitrogens with zero attached hydrogens (tertiary/aromatic N) is 1. The summed E-state index contributed by atoms with van der Waals surface area (Å²) in [7, 11) is 0. The van der Waals surface area contributed by atoms with Crippen LogP contribution in [0.2, 0.25) is 0 Å². The number of hydrogen-bond acceptors (Lipinski definition) is 2. The van der Waals surface area contributed by atoms with Crippen LogP contribution < -0.4 is 5.32 Å². The molecule has 0 aliphatic carbocycles. The van der Waals surface area contributed by atoms with E-state index in [9.17, 15) is 4.79 Å². The first-order valence-electron chi connectivity index (χ1n) is 7.93. The predicted octanol–water partition coefficient (Wildman–Crippen LogP) is 3.07. The smallest absolute Gasteiger partial charge is 0.253 e. The van der Waals surface area contributed by atoms with E-state index in [-0.39, 0.29) is 5.91 Å². The summed E-state index contributed by atoms with van der Waals surface area (Å²) in [5, 5.41) is 3.28. The Morgan fingerprint density at radius 3 is 1.95 bits per heavy atom. The minimum absolute atomic E-state index is 0.185. The molecule has 20 heavy (non-hydrogen) atoms. The van der Waals surface area contributed by atoms with E-state index < -0.39 is 0 Å². The zero-order valence-electron chi connectivity index (χ0n) is 12.3. The summed E-state index contributed by atoms with van der Waals surface area (Å²) in [5.41, 5.74) is 0.814. The quantitative estimate of drug-likeness (QED) is 0.853. The standard InChI is InChI=1S/C12H15NO.C5H11N/c14-12(11-7-3-1-4-8-11)13-9-5-2-6-10-13;1-2-4-6-5-3-1/h1,3-4,7-8H,2,5-6,9-10H2;6H,1-5H2. The van der Waals surface area contributed by atoms with Crippen molar-refractivity contribution in [2.45, 2.75) is 38.5 Å². The Hall–Kier alpha value is -1.35. The fourth-order valence-corrected chi connectivity index (χ4v) is 2.66. The molecule has 0 atom stereocenters. The predicted molar refractivity (Wildman–Crippen MR) is 82.9 cm³/mol. The fraction of sp³-hybridized carbons (Fsp3) is 0.588. The third kappa shape index (κ3) is 4.97. The highest BCUT2D eigenvalue weighted by Gasteiger charge is 2.17. The number of benzene rings is 1. The van der Waals surface area contributed by atoms with Crippen LogP contribution in [0.15, 0.2) is 30.3 Å². The van der Waals surface area contributed by atoms with Crippen LogP contribution in [0.3, 0.4) is 0 Å². The zero-order valence-corrected chi connectivity index (χ0v) is 12.3. The molecule has 3 heteroatoms. The Morgan fingerprint density at radius 1 is 0.850 bits per heavy atom. The van der Waals surface area contributed by atoms with Gasteiger partial charge < -0.3 is 10.2 Å². The Morgan fingerprint density at radius 2 is 1.45 bits per heavy atom. The van der Waals surface area contributed by atoms with Gasteiger partial charge in [-0.25, -0.2) is 0 Å². The number of likely N-dealkylation sites (tertiary alicyclic amines) is 1. The lowest BCUT2D eigenvalue weighted by Crippen LogP contribution is -2.35. The maximum absolute atomic E-state index is 11.9. The average Bonchev–Trinajstić information content (AvgIpc) is 2.58. The lowest BCUT2D eigenvalue weighted by molar-refractivity contribution is 0.0724. The zero-order chi connectivity index (χ0) is 14.0. The van der Waals surface area contributed by atoms with Gasteiger partial charge in [0.05, 0.1) is 0 Å². The fourth-order valence-electron chi connectivity index (χ4n) is 2.66. The molecule has 0 unspecified atom stereocenters. The summed E-state index contributed by atoms with van der Waals surface area (Å²) in [4.78, 5) is 13.9. The van der Waals surface area contributed by atoms with Gasteiger partial charge in [0, 0.05) is 18.7 Å². The van der Waals surface area contributed by atoms with Crippen molar-refractivity contribution < 1.29 is 4.79 Å². The average molecular weight is 274 g/mol. The second-order valence-electron chi connectivity index (χ2n) is 5.53. The van der Waals surface area contributed by atoms with E-state index in [0.717, 1.165) is 31.5 Å². The van der Waals surface area contributed by atoms with Crippen LogP contribution in [0, 0.1) is 0 Å². The Balaban J connectivity index is 0.000000205. The topological polar surface area (TPSA) is 32.3 Å². The Bertz CT molecular complexity index is 370. The number of piperidine rings is 2. The highest BCUT2D eigenvalue weighted by Crippen LogP contribution is 2.12. The highest BCUT2D eigenvalue weighted by molar-refractivity contribution is 5.94. The number of carbonyl (C=O) groups excluding carboxylic acids is 1. The van der Waals surface area contributed by atoms with Gasteiger partial charge in [-0.15, -0.1) is 0 Å². The lowest BCUT2D eigenvalue weighted by Gasteiger charge is -2.26. The molecule has 2 saturated heterocycles. The molecule has 1 amide bonds. The molecule has 2 fully saturated rings. The van der Waals surface area contributed by atoms with Crippen molar-refractivity contribution >= 4 is 5.91 Å². The molecule has 2 aliphatic rings. The summed E-state index contributed by atoms with van der Waals surface area (Å²) in [5.74, 6) is 0.185. The van der Waals surface area contributed by atoms with Crippen LogP contribution >= 0.6 is 0 Å². The number of hydrogen-bond donors (Lipinski definition) is 1. The van der Waals surface area contributed by atoms with Gasteiger partial charge in [0.15, 0.2) is 0 Å². The molecule has 2 heterocycles. The largest absolute Gasteiger partial charge is 0.339 e. The third-order valence-corrected chi connectivity index (χ3v) is 3.87. The molecule has 110 valence electrons. The molecule has 0 aromatic heterocycles. The summed E-state index contributed by atoms with van der Waals surface area (Å²) in [6.45, 7) is 4.35. The number of amides is 1. The van der Waals surface area contributed by atoms with Crippen LogP contribution in [-0.2, 0) is 0 Å². The van der Waals surface area contributed by atoms with Crippen molar-refractivity contribution in [3.8, 4) is 0 Å². The van der Waals surface area contributed by atoms with E-state index in [0.29, 0.717) is 0 Å². The molecular weight excluding hydrogens is 248 g/mol. The lowest BCUT2D eigenvalue weighted by atomic mass is 10.1. The summed E-state index contributed by atoms with van der Waals surface area (Å²) in [6, 6.07) is 9.54. The van der Waals surface area contributed by atoms with E-state index in [1.165, 1.54) is 38.8 Å². The van der Waals surface area contributed by atoms with Crippen molar-refractivity contribution in [3.63, 3.8) is 0 Å². The first-order chi connectivity index (χ1) is 9.88. The molecule has 0 bridgehead atoms. The molecular formula is C17H26N2O. The molecule has 0 saturated carbocycles. The molecule has 1 N–H and O–H groups in total. The van der Waals surface area contributed by atoms with Gasteiger partial charge in [-0.1, -0.05) is 24.6 Å². The second-order valence-corrected chi connectivity index (χ2v) is 5.53. The van der Waals surface area contributed by atoms with Crippen molar-refractivity contribution in [2.24, 2.45) is 0 Å². The summed E-state index contributed by atoms with van der Waals surface area (Å²) < 4.78 is 0. The van der Waals surface area contributed by atoms with Crippen LogP contribution in [-0.4, -0.2) is 37.0 Å². The molecule has 3 rings (SSSR count). The Kier molecular flexibility index (Phi) is 6.58. The van der Waals surface area contributed by atoms with Gasteiger partial charge in [-0.3, -0.25) is 4.79 Å². The second kappa shape index (κ2) is 8.75. The summed E-state index contributed by atoms with van der Waals surface area (Å²) in [6.07, 6.45) is 7.78. The molecule has 0 spiro atoms. The molecule has 0 radical (unpaired) electrons. The van der Waals surface area contributed by atoms with Gasteiger partial charge in [0.1, 0.15) is 0 Å². The van der Waals surface area contributed by atoms with E-state index >= 15 is 0 Å². The van der Waals surface area contributed by atoms with E-state index in [4.69, 9.17) is 0 Å². The SMILES string of the molecule is C1CCNCC1.O=C(c1ccccc1)N1CCCCC1. The maximum atomic E-state index is 11.9. The third-order valence-electron chi connectivity index (χ3n) is 3.87. The van der Waals surface area contributed by atoms with E-state index in [2.05, 4.69) is 5.32 Å². The van der Waals surface area contributed by atoms with Crippen LogP contribution in [0.1, 0.15) is 48.9 Å². The van der Waals surface area contributed by atoms with Crippen LogP contribution in [0.25, 0.3) is 0 Å². The van der Waals surface area contributed by atoms with Crippen molar-refractivity contribution in [1.29, 1.82) is 0 Å². The van der Waals surface area contributed by atoms with Crippen molar-refractivity contribution in [3.05, 3.63) is 35.9 Å². The number of nitrogens with one attached hydrogen (secondary N) is 1. The number of carbonyl (C=O) groups is 1. The Labute approximate surface area is 122 Å². The maximum Gasteiger partial charge on any atom is 0.253 e. The van der Waals surface area contributed by atoms with Crippen LogP contribution in [0.5, 0.6) is 0 Å².